The average Bonchev–Trinajstić information content (AvgIpc) is 3.84. The van der Waals surface area contributed by atoms with Gasteiger partial charge in [0.1, 0.15) is 11.5 Å². The van der Waals surface area contributed by atoms with Crippen molar-refractivity contribution in [2.45, 2.75) is 128 Å². The number of hydrogen-bond acceptors (Lipinski definition) is 9. The van der Waals surface area contributed by atoms with E-state index in [-0.39, 0.29) is 35.9 Å². The summed E-state index contributed by atoms with van der Waals surface area (Å²) in [6.07, 6.45) is 24.2. The lowest BCUT2D eigenvalue weighted by molar-refractivity contribution is -0.133. The van der Waals surface area contributed by atoms with E-state index in [1.54, 1.807) is 17.5 Å². The number of aromatic nitrogens is 4. The Balaban J connectivity index is 0.00000541. The van der Waals surface area contributed by atoms with Crippen LogP contribution in [0.4, 0.5) is 21.3 Å². The van der Waals surface area contributed by atoms with Gasteiger partial charge < -0.3 is 20.9 Å². The van der Waals surface area contributed by atoms with Gasteiger partial charge in [0.15, 0.2) is 10.9 Å². The normalized spacial score (nSPS) is 15.4. The number of thiazole rings is 1. The van der Waals surface area contributed by atoms with Gasteiger partial charge in [0.2, 0.25) is 11.9 Å². The van der Waals surface area contributed by atoms with Crippen LogP contribution in [0.15, 0.2) is 42.7 Å². The van der Waals surface area contributed by atoms with Crippen molar-refractivity contribution in [1.29, 1.82) is 0 Å². The molecule has 3 aromatic heterocycles. The van der Waals surface area contributed by atoms with Crippen LogP contribution in [-0.4, -0.2) is 63.0 Å². The van der Waals surface area contributed by atoms with Crippen molar-refractivity contribution in [3.63, 3.8) is 0 Å². The van der Waals surface area contributed by atoms with Gasteiger partial charge in [0.25, 0.3) is 0 Å². The second-order valence-corrected chi connectivity index (χ2v) is 15.7. The quantitative estimate of drug-likeness (QED) is 0.0764. The lowest BCUT2D eigenvalue weighted by Crippen LogP contribution is -2.48. The van der Waals surface area contributed by atoms with E-state index in [0.717, 1.165) is 66.4 Å². The van der Waals surface area contributed by atoms with Gasteiger partial charge in [0, 0.05) is 44.0 Å². The Labute approximate surface area is 325 Å². The summed E-state index contributed by atoms with van der Waals surface area (Å²) in [6, 6.07) is 10.1. The molecule has 53 heavy (non-hydrogen) atoms. The molecular formula is C41H58ClFN8OS. The number of benzene rings is 1. The van der Waals surface area contributed by atoms with Crippen LogP contribution in [-0.2, 0) is 4.79 Å². The minimum atomic E-state index is -0.492. The van der Waals surface area contributed by atoms with Gasteiger partial charge in [-0.15, -0.1) is 12.4 Å². The number of amides is 1. The Hall–Kier alpha value is -3.41. The van der Waals surface area contributed by atoms with Crippen LogP contribution in [0.5, 0.6) is 0 Å². The molecule has 2 aliphatic rings. The maximum absolute atomic E-state index is 15.1. The highest BCUT2D eigenvalue weighted by Crippen LogP contribution is 2.33. The van der Waals surface area contributed by atoms with Crippen molar-refractivity contribution in [1.82, 2.24) is 30.2 Å². The highest BCUT2D eigenvalue weighted by molar-refractivity contribution is 7.22. The number of carbonyl (C=O) groups excluding carboxylic acids is 1. The fraction of sp³-hybridized carbons (Fsp3) is 0.585. The zero-order valence-electron chi connectivity index (χ0n) is 31.4. The zero-order valence-corrected chi connectivity index (χ0v) is 33.0. The van der Waals surface area contributed by atoms with Gasteiger partial charge in [-0.25, -0.2) is 24.3 Å². The molecule has 12 heteroatoms. The van der Waals surface area contributed by atoms with E-state index in [2.05, 4.69) is 37.8 Å². The fourth-order valence-corrected chi connectivity index (χ4v) is 8.52. The van der Waals surface area contributed by atoms with Crippen molar-refractivity contribution in [3.05, 3.63) is 54.1 Å². The molecule has 1 unspecified atom stereocenters. The first kappa shape index (κ1) is 40.8. The molecule has 6 rings (SSSR count). The van der Waals surface area contributed by atoms with E-state index >= 15 is 4.39 Å². The summed E-state index contributed by atoms with van der Waals surface area (Å²) in [6.45, 7) is 5.40. The lowest BCUT2D eigenvalue weighted by Gasteiger charge is -2.31. The number of pyridine rings is 1. The molecular weight excluding hydrogens is 707 g/mol. The first-order valence-corrected chi connectivity index (χ1v) is 20.8. The molecule has 3 N–H and O–H groups in total. The third kappa shape index (κ3) is 12.0. The summed E-state index contributed by atoms with van der Waals surface area (Å²) >= 11 is 1.59. The topological polar surface area (TPSA) is 108 Å². The Morgan fingerprint density at radius 2 is 1.60 bits per heavy atom. The van der Waals surface area contributed by atoms with Crippen LogP contribution in [0.2, 0.25) is 0 Å². The number of unbranched alkanes of at least 4 members (excludes halogenated alkanes) is 11. The van der Waals surface area contributed by atoms with E-state index in [9.17, 15) is 4.79 Å². The molecule has 0 bridgehead atoms. The molecule has 2 fully saturated rings. The van der Waals surface area contributed by atoms with Gasteiger partial charge in [-0.05, 0) is 43.0 Å². The van der Waals surface area contributed by atoms with E-state index in [4.69, 9.17) is 4.98 Å². The van der Waals surface area contributed by atoms with Crippen molar-refractivity contribution >= 4 is 56.8 Å². The summed E-state index contributed by atoms with van der Waals surface area (Å²) in [5.74, 6) is 0.286. The molecule has 1 aliphatic carbocycles. The second-order valence-electron chi connectivity index (χ2n) is 14.6. The molecule has 1 atom stereocenters. The first-order valence-electron chi connectivity index (χ1n) is 20.0. The summed E-state index contributed by atoms with van der Waals surface area (Å²) < 4.78 is 16.1. The van der Waals surface area contributed by atoms with Crippen molar-refractivity contribution in [3.8, 4) is 11.3 Å². The first-order chi connectivity index (χ1) is 25.6. The Morgan fingerprint density at radius 3 is 2.28 bits per heavy atom. The lowest BCUT2D eigenvalue weighted by atomic mass is 9.92. The Bertz CT molecular complexity index is 1690. The number of anilines is 3. The van der Waals surface area contributed by atoms with E-state index < -0.39 is 5.82 Å². The van der Waals surface area contributed by atoms with Crippen molar-refractivity contribution in [2.24, 2.45) is 0 Å². The molecule has 1 aromatic carbocycles. The van der Waals surface area contributed by atoms with Crippen LogP contribution >= 0.6 is 23.7 Å². The highest BCUT2D eigenvalue weighted by Gasteiger charge is 2.27. The summed E-state index contributed by atoms with van der Waals surface area (Å²) in [5, 5.41) is 11.0. The number of nitrogens with zero attached hydrogens (tertiary/aromatic N) is 5. The van der Waals surface area contributed by atoms with Gasteiger partial charge >= 0.3 is 0 Å². The van der Waals surface area contributed by atoms with Crippen molar-refractivity contribution in [2.75, 3.05) is 36.8 Å². The van der Waals surface area contributed by atoms with Crippen LogP contribution in [0.1, 0.15) is 128 Å². The summed E-state index contributed by atoms with van der Waals surface area (Å²) in [5.41, 5.74) is 2.71. The number of rotatable bonds is 20. The monoisotopic (exact) mass is 764 g/mol. The third-order valence-electron chi connectivity index (χ3n) is 10.6. The van der Waals surface area contributed by atoms with E-state index in [1.807, 2.05) is 35.2 Å². The Kier molecular flexibility index (Phi) is 16.5. The zero-order chi connectivity index (χ0) is 36.0. The number of halogens is 2. The largest absolute Gasteiger partial charge is 0.359 e. The highest BCUT2D eigenvalue weighted by atomic mass is 35.5. The molecule has 1 amide bonds. The summed E-state index contributed by atoms with van der Waals surface area (Å²) in [7, 11) is 0. The number of hydrogen-bond donors (Lipinski definition) is 3. The molecule has 9 nitrogen and oxygen atoms in total. The van der Waals surface area contributed by atoms with Gasteiger partial charge in [0.05, 0.1) is 22.3 Å². The fourth-order valence-electron chi connectivity index (χ4n) is 7.54. The van der Waals surface area contributed by atoms with Gasteiger partial charge in [-0.1, -0.05) is 120 Å². The standard InChI is InChI=1S/C41H57FN8OS.ClH/c1-2-3-4-5-6-7-8-9-10-11-12-13-18-33(39(51)50-25-23-43-24-26-50)31-20-22-37(44-28-31)48-40-45-29-34(42)38(49-40)30-19-21-35-36(27-30)52-41(47-35)46-32-16-14-15-17-32;/h19-22,27-29,32-33,43H,2-18,23-26H2,1H3,(H,46,47)(H,44,45,48,49);1H. The molecule has 4 aromatic rings. The van der Waals surface area contributed by atoms with Crippen LogP contribution in [0.25, 0.3) is 21.5 Å². The average molecular weight is 765 g/mol. The second kappa shape index (κ2) is 21.5. The van der Waals surface area contributed by atoms with E-state index in [1.165, 1.54) is 96.1 Å². The number of piperazine rings is 1. The van der Waals surface area contributed by atoms with Gasteiger partial charge in [-0.2, -0.15) is 0 Å². The molecule has 4 heterocycles. The maximum atomic E-state index is 15.1. The Morgan fingerprint density at radius 1 is 0.906 bits per heavy atom. The number of nitrogens with one attached hydrogen (secondary N) is 3. The molecule has 1 saturated carbocycles. The molecule has 1 saturated heterocycles. The van der Waals surface area contributed by atoms with Gasteiger partial charge in [-0.3, -0.25) is 4.79 Å². The predicted octanol–water partition coefficient (Wildman–Crippen LogP) is 10.4. The third-order valence-corrected chi connectivity index (χ3v) is 11.5. The molecule has 1 aliphatic heterocycles. The SMILES string of the molecule is CCCCCCCCCCCCCCC(C(=O)N1CCNCC1)c1ccc(Nc2ncc(F)c(-c3ccc4nc(NC5CCCC5)sc4c3)n2)nc1.Cl. The maximum Gasteiger partial charge on any atom is 0.230 e. The van der Waals surface area contributed by atoms with Crippen LogP contribution in [0.3, 0.4) is 0 Å². The van der Waals surface area contributed by atoms with E-state index in [0.29, 0.717) is 17.4 Å². The molecule has 0 radical (unpaired) electrons. The number of carbonyl (C=O) groups is 1. The minimum absolute atomic E-state index is 0. The molecule has 288 valence electrons. The van der Waals surface area contributed by atoms with Crippen LogP contribution in [0, 0.1) is 5.82 Å². The minimum Gasteiger partial charge on any atom is -0.359 e. The predicted molar refractivity (Wildman–Crippen MR) is 219 cm³/mol. The van der Waals surface area contributed by atoms with Crippen LogP contribution < -0.4 is 16.0 Å². The van der Waals surface area contributed by atoms with Crippen molar-refractivity contribution < 1.29 is 9.18 Å². The summed E-state index contributed by atoms with van der Waals surface area (Å²) in [4.78, 5) is 33.9. The number of fused-ring (bicyclic) bond motifs is 1. The molecule has 0 spiro atoms. The smallest absolute Gasteiger partial charge is 0.230 e.